The molecule has 6 aromatic rings. The number of aliphatic hydroxyl groups is 1. The summed E-state index contributed by atoms with van der Waals surface area (Å²) < 4.78 is 8.07. The van der Waals surface area contributed by atoms with Crippen molar-refractivity contribution in [1.82, 2.24) is 24.8 Å². The van der Waals surface area contributed by atoms with E-state index in [1.807, 2.05) is 73.3 Å². The summed E-state index contributed by atoms with van der Waals surface area (Å²) in [6.07, 6.45) is 6.88. The van der Waals surface area contributed by atoms with Crippen molar-refractivity contribution in [2.45, 2.75) is 25.4 Å². The van der Waals surface area contributed by atoms with Crippen molar-refractivity contribution in [2.75, 3.05) is 32.7 Å². The topological polar surface area (TPSA) is 108 Å². The number of nitrogens with zero attached hydrogens (tertiary/aromatic N) is 4. The molecule has 7 rings (SSSR count). The van der Waals surface area contributed by atoms with Gasteiger partial charge in [0.2, 0.25) is 5.95 Å². The van der Waals surface area contributed by atoms with Gasteiger partial charge in [0.05, 0.1) is 35.9 Å². The zero-order chi connectivity index (χ0) is 31.1. The van der Waals surface area contributed by atoms with Crippen LogP contribution in [0.3, 0.4) is 0 Å². The van der Waals surface area contributed by atoms with Gasteiger partial charge in [-0.05, 0) is 59.7 Å². The van der Waals surface area contributed by atoms with E-state index >= 15 is 0 Å². The minimum atomic E-state index is -0.446. The zero-order valence-corrected chi connectivity index (χ0v) is 26.2. The summed E-state index contributed by atoms with van der Waals surface area (Å²) >= 11 is 1.61. The predicted octanol–water partition coefficient (Wildman–Crippen LogP) is 5.79. The second-order valence-electron chi connectivity index (χ2n) is 11.5. The average molecular weight is 619 g/mol. The van der Waals surface area contributed by atoms with E-state index in [9.17, 15) is 9.90 Å². The molecule has 228 valence electrons. The van der Waals surface area contributed by atoms with Crippen LogP contribution < -0.4 is 15.0 Å². The van der Waals surface area contributed by atoms with Crippen LogP contribution >= 0.6 is 11.3 Å². The molecule has 1 aliphatic heterocycles. The number of H-pyrrole nitrogens is 1. The highest BCUT2D eigenvalue weighted by atomic mass is 32.1. The third-order valence-electron chi connectivity index (χ3n) is 8.45. The zero-order valence-electron chi connectivity index (χ0n) is 25.4. The maximum atomic E-state index is 14.0. The molecule has 0 fully saturated rings. The van der Waals surface area contributed by atoms with Gasteiger partial charge in [-0.2, -0.15) is 0 Å². The number of anilines is 1. The number of thiophene rings is 1. The smallest absolute Gasteiger partial charge is 0.253 e. The number of methoxy groups -OCH3 is 1. The first-order valence-corrected chi connectivity index (χ1v) is 15.8. The van der Waals surface area contributed by atoms with Crippen LogP contribution in [0.1, 0.15) is 21.5 Å². The van der Waals surface area contributed by atoms with Gasteiger partial charge in [0, 0.05) is 72.5 Å². The van der Waals surface area contributed by atoms with Crippen LogP contribution in [0.2, 0.25) is 0 Å². The molecule has 0 saturated heterocycles. The van der Waals surface area contributed by atoms with Crippen LogP contribution in [0, 0.1) is 0 Å². The molecule has 0 radical (unpaired) electrons. The number of aromatic amines is 1. The van der Waals surface area contributed by atoms with Gasteiger partial charge in [-0.25, -0.2) is 9.97 Å². The minimum absolute atomic E-state index is 0.173. The highest BCUT2D eigenvalue weighted by Crippen LogP contribution is 2.43. The number of carbonyl (C=O) groups excluding carboxylic acids is 1. The molecule has 0 spiro atoms. The van der Waals surface area contributed by atoms with Crippen molar-refractivity contribution in [3.8, 4) is 38.7 Å². The van der Waals surface area contributed by atoms with E-state index in [1.165, 1.54) is 0 Å². The molecule has 45 heavy (non-hydrogen) atoms. The Bertz CT molecular complexity index is 1990. The number of nitrogens with one attached hydrogen (secondary N) is 2. The number of aryl methyl sites for hydroxylation is 1. The van der Waals surface area contributed by atoms with E-state index < -0.39 is 6.04 Å². The summed E-state index contributed by atoms with van der Waals surface area (Å²) in [5.41, 5.74) is 8.48. The second-order valence-corrected chi connectivity index (χ2v) is 12.4. The number of fused-ring (bicyclic) bond motifs is 4. The summed E-state index contributed by atoms with van der Waals surface area (Å²) in [5, 5.41) is 16.6. The van der Waals surface area contributed by atoms with Crippen molar-refractivity contribution in [3.63, 3.8) is 0 Å². The number of aliphatic hydroxyl groups excluding tert-OH is 1. The van der Waals surface area contributed by atoms with Crippen molar-refractivity contribution in [2.24, 2.45) is 0 Å². The number of carbonyl (C=O) groups is 1. The SMILES string of the molecule is COc1cc2c(cc1-c1cnc(N(C)C)nc1)-c1cc(C(=O)NC(CO)Cc3c[nH]c4ccccc34)c(-c3cccs3)n1CC2. The first-order chi connectivity index (χ1) is 21.9. The van der Waals surface area contributed by atoms with Gasteiger partial charge in [0.1, 0.15) is 5.75 Å². The number of amides is 1. The summed E-state index contributed by atoms with van der Waals surface area (Å²) in [4.78, 5) is 29.3. The molecule has 2 aromatic carbocycles. The molecule has 0 bridgehead atoms. The average Bonchev–Trinajstić information content (AvgIpc) is 3.83. The van der Waals surface area contributed by atoms with Gasteiger partial charge in [0.15, 0.2) is 0 Å². The molecule has 1 amide bonds. The maximum absolute atomic E-state index is 14.0. The van der Waals surface area contributed by atoms with Crippen LogP contribution in [0.15, 0.2) is 78.6 Å². The standard InChI is InChI=1S/C35H34N6O3S/c1-40(2)35-37-18-23(19-38-35)27-15-26-21(14-31(27)44-3)10-11-41-30(26)16-28(33(41)32-9-6-12-45-32)34(43)39-24(20-42)13-22-17-36-29-8-5-4-7-25(22)29/h4-9,12,14-19,24,36,42H,10-11,13,20H2,1-3H3,(H,39,43). The molecule has 0 aliphatic carbocycles. The molecule has 10 heteroatoms. The first-order valence-electron chi connectivity index (χ1n) is 14.9. The fraction of sp³-hybridized carbons (Fsp3) is 0.229. The lowest BCUT2D eigenvalue weighted by Gasteiger charge is -2.23. The lowest BCUT2D eigenvalue weighted by molar-refractivity contribution is 0.0917. The largest absolute Gasteiger partial charge is 0.496 e. The Morgan fingerprint density at radius 1 is 1.13 bits per heavy atom. The van der Waals surface area contributed by atoms with E-state index in [0.29, 0.717) is 17.9 Å². The molecule has 3 N–H and O–H groups in total. The lowest BCUT2D eigenvalue weighted by Crippen LogP contribution is -2.39. The van der Waals surface area contributed by atoms with E-state index in [-0.39, 0.29) is 12.5 Å². The number of hydrogen-bond acceptors (Lipinski definition) is 7. The number of para-hydroxylation sites is 1. The van der Waals surface area contributed by atoms with E-state index in [4.69, 9.17) is 4.74 Å². The molecule has 1 unspecified atom stereocenters. The number of benzene rings is 2. The van der Waals surface area contributed by atoms with Crippen molar-refractivity contribution in [3.05, 3.63) is 95.3 Å². The number of rotatable bonds is 9. The first kappa shape index (κ1) is 28.8. The second kappa shape index (κ2) is 11.9. The summed E-state index contributed by atoms with van der Waals surface area (Å²) in [6.45, 7) is 0.554. The molecule has 1 aliphatic rings. The van der Waals surface area contributed by atoms with Crippen molar-refractivity contribution in [1.29, 1.82) is 0 Å². The number of ether oxygens (including phenoxy) is 1. The Morgan fingerprint density at radius 3 is 2.69 bits per heavy atom. The monoisotopic (exact) mass is 618 g/mol. The van der Waals surface area contributed by atoms with Gasteiger partial charge in [-0.1, -0.05) is 24.3 Å². The summed E-state index contributed by atoms with van der Waals surface area (Å²) in [7, 11) is 5.50. The fourth-order valence-corrected chi connectivity index (χ4v) is 7.02. The Labute approximate surface area is 265 Å². The van der Waals surface area contributed by atoms with Crippen molar-refractivity contribution >= 4 is 34.1 Å². The van der Waals surface area contributed by atoms with Crippen LogP contribution in [-0.2, 0) is 19.4 Å². The Balaban J connectivity index is 1.27. The normalized spacial score (nSPS) is 12.9. The van der Waals surface area contributed by atoms with Gasteiger partial charge < -0.3 is 29.6 Å². The van der Waals surface area contributed by atoms with Crippen LogP contribution in [0.25, 0.3) is 43.9 Å². The predicted molar refractivity (Wildman–Crippen MR) is 179 cm³/mol. The number of aromatic nitrogens is 4. The Hall–Kier alpha value is -4.93. The molecular weight excluding hydrogens is 584 g/mol. The third kappa shape index (κ3) is 5.26. The highest BCUT2D eigenvalue weighted by molar-refractivity contribution is 7.13. The lowest BCUT2D eigenvalue weighted by atomic mass is 9.93. The third-order valence-corrected chi connectivity index (χ3v) is 9.32. The van der Waals surface area contributed by atoms with Crippen LogP contribution in [0.4, 0.5) is 5.95 Å². The van der Waals surface area contributed by atoms with Gasteiger partial charge in [-0.15, -0.1) is 11.3 Å². The molecule has 9 nitrogen and oxygen atoms in total. The van der Waals surface area contributed by atoms with E-state index in [2.05, 4.69) is 49.1 Å². The minimum Gasteiger partial charge on any atom is -0.496 e. The Kier molecular flexibility index (Phi) is 7.60. The van der Waals surface area contributed by atoms with Crippen molar-refractivity contribution < 1.29 is 14.6 Å². The van der Waals surface area contributed by atoms with Crippen LogP contribution in [0.5, 0.6) is 5.75 Å². The van der Waals surface area contributed by atoms with Gasteiger partial charge >= 0.3 is 0 Å². The van der Waals surface area contributed by atoms with E-state index in [1.54, 1.807) is 18.4 Å². The quantitative estimate of drug-likeness (QED) is 0.190. The Morgan fingerprint density at radius 2 is 1.96 bits per heavy atom. The number of hydrogen-bond donors (Lipinski definition) is 3. The molecule has 1 atom stereocenters. The van der Waals surface area contributed by atoms with E-state index in [0.717, 1.165) is 73.7 Å². The molecule has 5 heterocycles. The highest BCUT2D eigenvalue weighted by Gasteiger charge is 2.29. The van der Waals surface area contributed by atoms with Gasteiger partial charge in [0.25, 0.3) is 5.91 Å². The van der Waals surface area contributed by atoms with Gasteiger partial charge in [-0.3, -0.25) is 4.79 Å². The molecular formula is C35H34N6O3S. The summed E-state index contributed by atoms with van der Waals surface area (Å²) in [6, 6.07) is 17.9. The summed E-state index contributed by atoms with van der Waals surface area (Å²) in [5.74, 6) is 1.18. The molecule has 0 saturated carbocycles. The van der Waals surface area contributed by atoms with Crippen LogP contribution in [-0.4, -0.2) is 64.4 Å². The maximum Gasteiger partial charge on any atom is 0.253 e. The fourth-order valence-electron chi connectivity index (χ4n) is 6.23. The molecule has 4 aromatic heterocycles.